The molecule has 0 fully saturated rings. The van der Waals surface area contributed by atoms with Crippen LogP contribution < -0.4 is 0 Å². The van der Waals surface area contributed by atoms with Gasteiger partial charge < -0.3 is 0 Å². The standard InChI is InChI=1S/C8H8.C6H6.C3H6/c1-2-8-6-4-3-5-7-8;1-2-4-6-5-3-1;1-3-2/h2-7H,1H2;1-6H;3H,1H2,2H3. The third-order valence-electron chi connectivity index (χ3n) is 1.70. The molecule has 0 atom stereocenters. The van der Waals surface area contributed by atoms with Crippen molar-refractivity contribution in [1.29, 1.82) is 0 Å². The first kappa shape index (κ1) is 14.9. The first-order valence-electron chi connectivity index (χ1n) is 5.59. The second-order valence-electron chi connectivity index (χ2n) is 3.18. The summed E-state index contributed by atoms with van der Waals surface area (Å²) < 4.78 is 0. The highest BCUT2D eigenvalue weighted by Gasteiger charge is 1.75. The van der Waals surface area contributed by atoms with Crippen molar-refractivity contribution in [2.45, 2.75) is 6.92 Å². The third kappa shape index (κ3) is 10.2. The molecule has 0 nitrogen and oxygen atoms in total. The Hall–Kier alpha value is -2.08. The molecule has 0 aliphatic rings. The van der Waals surface area contributed by atoms with Gasteiger partial charge in [0.2, 0.25) is 0 Å². The fourth-order valence-corrected chi connectivity index (χ4v) is 0.974. The second kappa shape index (κ2) is 12.0. The van der Waals surface area contributed by atoms with E-state index in [-0.39, 0.29) is 0 Å². The molecule has 0 amide bonds. The molecule has 88 valence electrons. The number of hydrogen-bond donors (Lipinski definition) is 0. The molecule has 0 aromatic heterocycles. The fraction of sp³-hybridized carbons (Fsp3) is 0.0588. The molecule has 0 radical (unpaired) electrons. The normalized spacial score (nSPS) is 7.59. The second-order valence-corrected chi connectivity index (χ2v) is 3.18. The summed E-state index contributed by atoms with van der Waals surface area (Å²) in [5.41, 5.74) is 1.17. The maximum atomic E-state index is 3.63. The monoisotopic (exact) mass is 224 g/mol. The van der Waals surface area contributed by atoms with Gasteiger partial charge in [-0.25, -0.2) is 0 Å². The molecule has 17 heavy (non-hydrogen) atoms. The summed E-state index contributed by atoms with van der Waals surface area (Å²) in [7, 11) is 0. The van der Waals surface area contributed by atoms with Crippen molar-refractivity contribution in [2.24, 2.45) is 0 Å². The molecule has 2 aromatic rings. The Bertz CT molecular complexity index is 347. The molecule has 0 spiro atoms. The summed E-state index contributed by atoms with van der Waals surface area (Å²) in [6, 6.07) is 22.0. The Morgan fingerprint density at radius 1 is 0.706 bits per heavy atom. The van der Waals surface area contributed by atoms with Crippen LogP contribution in [0.4, 0.5) is 0 Å². The molecule has 2 aromatic carbocycles. The fourth-order valence-electron chi connectivity index (χ4n) is 0.974. The first-order valence-corrected chi connectivity index (χ1v) is 5.59. The molecular weight excluding hydrogens is 204 g/mol. The highest BCUT2D eigenvalue weighted by Crippen LogP contribution is 1.97. The largest absolute Gasteiger partial charge is 0.103 e. The Kier molecular flexibility index (Phi) is 10.5. The quantitative estimate of drug-likeness (QED) is 0.583. The van der Waals surface area contributed by atoms with Crippen molar-refractivity contribution >= 4 is 6.08 Å². The van der Waals surface area contributed by atoms with Gasteiger partial charge in [-0.3, -0.25) is 0 Å². The smallest absolute Gasteiger partial charge is 0.0263 e. The zero-order valence-electron chi connectivity index (χ0n) is 10.4. The van der Waals surface area contributed by atoms with Gasteiger partial charge in [0.15, 0.2) is 0 Å². The van der Waals surface area contributed by atoms with Crippen LogP contribution in [0.1, 0.15) is 12.5 Å². The predicted molar refractivity (Wildman–Crippen MR) is 78.8 cm³/mol. The molecular formula is C17H20. The van der Waals surface area contributed by atoms with E-state index in [9.17, 15) is 0 Å². The van der Waals surface area contributed by atoms with Crippen LogP contribution in [-0.2, 0) is 0 Å². The van der Waals surface area contributed by atoms with Gasteiger partial charge in [-0.2, -0.15) is 0 Å². The summed E-state index contributed by atoms with van der Waals surface area (Å²) in [6.07, 6.45) is 3.58. The van der Waals surface area contributed by atoms with Gasteiger partial charge >= 0.3 is 0 Å². The van der Waals surface area contributed by atoms with E-state index in [1.807, 2.05) is 79.7 Å². The van der Waals surface area contributed by atoms with E-state index in [0.29, 0.717) is 0 Å². The van der Waals surface area contributed by atoms with Crippen LogP contribution in [0.2, 0.25) is 0 Å². The van der Waals surface area contributed by atoms with Crippen LogP contribution in [0.15, 0.2) is 86.0 Å². The Balaban J connectivity index is 0.000000252. The van der Waals surface area contributed by atoms with Crippen LogP contribution >= 0.6 is 0 Å². The van der Waals surface area contributed by atoms with Crippen LogP contribution in [-0.4, -0.2) is 0 Å². The lowest BCUT2D eigenvalue weighted by atomic mass is 10.2. The average molecular weight is 224 g/mol. The Labute approximate surface area is 105 Å². The summed E-state index contributed by atoms with van der Waals surface area (Å²) in [4.78, 5) is 0. The van der Waals surface area contributed by atoms with Crippen LogP contribution in [0.25, 0.3) is 6.08 Å². The highest BCUT2D eigenvalue weighted by atomic mass is 13.8. The van der Waals surface area contributed by atoms with E-state index in [1.54, 1.807) is 6.08 Å². The summed E-state index contributed by atoms with van der Waals surface area (Å²) in [6.45, 7) is 8.88. The summed E-state index contributed by atoms with van der Waals surface area (Å²) >= 11 is 0. The molecule has 0 N–H and O–H groups in total. The zero-order chi connectivity index (χ0) is 12.8. The molecule has 0 bridgehead atoms. The summed E-state index contributed by atoms with van der Waals surface area (Å²) in [5, 5.41) is 0. The van der Waals surface area contributed by atoms with E-state index in [0.717, 1.165) is 0 Å². The van der Waals surface area contributed by atoms with Gasteiger partial charge in [0.05, 0.1) is 0 Å². The average Bonchev–Trinajstić information content (AvgIpc) is 2.43. The Morgan fingerprint density at radius 3 is 1.24 bits per heavy atom. The first-order chi connectivity index (χ1) is 8.35. The molecule has 0 saturated heterocycles. The lowest BCUT2D eigenvalue weighted by molar-refractivity contribution is 1.67. The number of allylic oxidation sites excluding steroid dienone is 1. The molecule has 0 heteroatoms. The van der Waals surface area contributed by atoms with Gasteiger partial charge in [0, 0.05) is 0 Å². The zero-order valence-corrected chi connectivity index (χ0v) is 10.4. The number of rotatable bonds is 1. The minimum Gasteiger partial charge on any atom is -0.103 e. The van der Waals surface area contributed by atoms with Gasteiger partial charge in [-0.15, -0.1) is 6.58 Å². The van der Waals surface area contributed by atoms with E-state index < -0.39 is 0 Å². The van der Waals surface area contributed by atoms with E-state index in [1.165, 1.54) is 5.56 Å². The van der Waals surface area contributed by atoms with Gasteiger partial charge in [-0.05, 0) is 12.5 Å². The highest BCUT2D eigenvalue weighted by molar-refractivity contribution is 5.45. The number of hydrogen-bond acceptors (Lipinski definition) is 0. The van der Waals surface area contributed by atoms with Crippen LogP contribution in [0.5, 0.6) is 0 Å². The van der Waals surface area contributed by atoms with Gasteiger partial charge in [0.1, 0.15) is 0 Å². The molecule has 0 unspecified atom stereocenters. The summed E-state index contributed by atoms with van der Waals surface area (Å²) in [5.74, 6) is 0. The van der Waals surface area contributed by atoms with Crippen molar-refractivity contribution in [3.8, 4) is 0 Å². The molecule has 0 heterocycles. The number of benzene rings is 2. The van der Waals surface area contributed by atoms with Gasteiger partial charge in [-0.1, -0.05) is 85.5 Å². The topological polar surface area (TPSA) is 0 Å². The van der Waals surface area contributed by atoms with Crippen molar-refractivity contribution in [3.63, 3.8) is 0 Å². The minimum atomic E-state index is 1.17. The van der Waals surface area contributed by atoms with Crippen molar-refractivity contribution < 1.29 is 0 Å². The van der Waals surface area contributed by atoms with Crippen LogP contribution in [0.3, 0.4) is 0 Å². The lowest BCUT2D eigenvalue weighted by Gasteiger charge is -1.85. The molecule has 0 saturated carbocycles. The van der Waals surface area contributed by atoms with Crippen LogP contribution in [0, 0.1) is 0 Å². The predicted octanol–water partition coefficient (Wildman–Crippen LogP) is 5.21. The van der Waals surface area contributed by atoms with Crippen molar-refractivity contribution in [2.75, 3.05) is 0 Å². The molecule has 0 aliphatic carbocycles. The maximum Gasteiger partial charge on any atom is -0.0263 e. The third-order valence-corrected chi connectivity index (χ3v) is 1.70. The Morgan fingerprint density at radius 2 is 1.00 bits per heavy atom. The van der Waals surface area contributed by atoms with Crippen molar-refractivity contribution in [1.82, 2.24) is 0 Å². The SMILES string of the molecule is C=CC.C=Cc1ccccc1.c1ccccc1. The lowest BCUT2D eigenvalue weighted by Crippen LogP contribution is -1.63. The van der Waals surface area contributed by atoms with E-state index >= 15 is 0 Å². The minimum absolute atomic E-state index is 1.17. The molecule has 0 aliphatic heterocycles. The van der Waals surface area contributed by atoms with Gasteiger partial charge in [0.25, 0.3) is 0 Å². The van der Waals surface area contributed by atoms with E-state index in [2.05, 4.69) is 13.2 Å². The van der Waals surface area contributed by atoms with E-state index in [4.69, 9.17) is 0 Å². The maximum absolute atomic E-state index is 3.63. The molecule has 2 rings (SSSR count). The van der Waals surface area contributed by atoms with Crippen molar-refractivity contribution in [3.05, 3.63) is 91.5 Å².